The highest BCUT2D eigenvalue weighted by molar-refractivity contribution is 7.99. The fourth-order valence-electron chi connectivity index (χ4n) is 0.325. The zero-order valence-electron chi connectivity index (χ0n) is 5.93. The van der Waals surface area contributed by atoms with Gasteiger partial charge in [0.15, 0.2) is 0 Å². The molecule has 10 heavy (non-hydrogen) atoms. The van der Waals surface area contributed by atoms with Gasteiger partial charge in [0.1, 0.15) is 0 Å². The second kappa shape index (κ2) is 5.10. The molecule has 0 saturated carbocycles. The fraction of sp³-hybridized carbons (Fsp3) is 0.600. The molecule has 0 aromatic heterocycles. The Morgan fingerprint density at radius 3 is 2.40 bits per heavy atom. The average molecular weight is 162 g/mol. The summed E-state index contributed by atoms with van der Waals surface area (Å²) in [7, 11) is 0. The molecule has 0 aliphatic carbocycles. The van der Waals surface area contributed by atoms with Gasteiger partial charge in [0, 0.05) is 6.92 Å². The molecule has 2 amide bonds. The summed E-state index contributed by atoms with van der Waals surface area (Å²) in [5.74, 6) is -0.0996. The van der Waals surface area contributed by atoms with Crippen LogP contribution in [-0.4, -0.2) is 23.8 Å². The Labute approximate surface area is 63.7 Å². The molecule has 0 unspecified atom stereocenters. The van der Waals surface area contributed by atoms with E-state index in [2.05, 4.69) is 10.9 Å². The highest BCUT2D eigenvalue weighted by atomic mass is 32.2. The van der Waals surface area contributed by atoms with Crippen molar-refractivity contribution in [1.29, 1.82) is 0 Å². The quantitative estimate of drug-likeness (QED) is 0.539. The van der Waals surface area contributed by atoms with Crippen LogP contribution in [0.5, 0.6) is 0 Å². The lowest BCUT2D eigenvalue weighted by Gasteiger charge is -2.01. The van der Waals surface area contributed by atoms with Crippen LogP contribution in [0.15, 0.2) is 0 Å². The molecule has 0 aliphatic rings. The Morgan fingerprint density at radius 2 is 2.00 bits per heavy atom. The van der Waals surface area contributed by atoms with Crippen LogP contribution in [0.2, 0.25) is 0 Å². The number of carbonyl (C=O) groups excluding carboxylic acids is 2. The number of hydrazine groups is 1. The average Bonchev–Trinajstić information content (AvgIpc) is 1.85. The second-order valence-electron chi connectivity index (χ2n) is 1.66. The van der Waals surface area contributed by atoms with Crippen LogP contribution in [0.3, 0.4) is 0 Å². The predicted molar refractivity (Wildman–Crippen MR) is 40.3 cm³/mol. The van der Waals surface area contributed by atoms with Crippen molar-refractivity contribution in [2.75, 3.05) is 12.0 Å². The largest absolute Gasteiger partial charge is 0.274 e. The smallest absolute Gasteiger partial charge is 0.248 e. The maximum Gasteiger partial charge on any atom is 0.248 e. The number of rotatable bonds is 2. The topological polar surface area (TPSA) is 58.2 Å². The SMILES string of the molecule is CSCC(=O)NNC(C)=O. The summed E-state index contributed by atoms with van der Waals surface area (Å²) in [4.78, 5) is 20.8. The highest BCUT2D eigenvalue weighted by Gasteiger charge is 1.97. The Balaban J connectivity index is 3.30. The van der Waals surface area contributed by atoms with Crippen LogP contribution >= 0.6 is 11.8 Å². The first-order valence-corrected chi connectivity index (χ1v) is 4.10. The third-order valence-corrected chi connectivity index (χ3v) is 1.20. The predicted octanol–water partition coefficient (Wildman–Crippen LogP) is -0.483. The molecule has 0 radical (unpaired) electrons. The van der Waals surface area contributed by atoms with E-state index in [9.17, 15) is 9.59 Å². The van der Waals surface area contributed by atoms with Gasteiger partial charge in [-0.1, -0.05) is 0 Å². The summed E-state index contributed by atoms with van der Waals surface area (Å²) in [6, 6.07) is 0. The molecule has 0 saturated heterocycles. The van der Waals surface area contributed by atoms with Gasteiger partial charge >= 0.3 is 0 Å². The summed E-state index contributed by atoms with van der Waals surface area (Å²) in [6.07, 6.45) is 1.81. The molecule has 0 rings (SSSR count). The van der Waals surface area contributed by atoms with E-state index >= 15 is 0 Å². The van der Waals surface area contributed by atoms with Gasteiger partial charge in [0.2, 0.25) is 11.8 Å². The van der Waals surface area contributed by atoms with E-state index in [4.69, 9.17) is 0 Å². The number of carbonyl (C=O) groups is 2. The summed E-state index contributed by atoms with van der Waals surface area (Å²) >= 11 is 1.40. The van der Waals surface area contributed by atoms with Gasteiger partial charge in [-0.2, -0.15) is 11.8 Å². The van der Waals surface area contributed by atoms with Gasteiger partial charge in [0.25, 0.3) is 0 Å². The lowest BCUT2D eigenvalue weighted by Crippen LogP contribution is -2.41. The molecule has 0 aliphatic heterocycles. The minimum Gasteiger partial charge on any atom is -0.274 e. The maximum atomic E-state index is 10.6. The van der Waals surface area contributed by atoms with Gasteiger partial charge in [-0.15, -0.1) is 0 Å². The lowest BCUT2D eigenvalue weighted by molar-refractivity contribution is -0.126. The van der Waals surface area contributed by atoms with Crippen molar-refractivity contribution in [3.63, 3.8) is 0 Å². The zero-order chi connectivity index (χ0) is 7.98. The summed E-state index contributed by atoms with van der Waals surface area (Å²) in [6.45, 7) is 1.33. The molecular weight excluding hydrogens is 152 g/mol. The number of hydrogen-bond donors (Lipinski definition) is 2. The third kappa shape index (κ3) is 5.43. The second-order valence-corrected chi connectivity index (χ2v) is 2.53. The number of hydrogen-bond acceptors (Lipinski definition) is 3. The first kappa shape index (κ1) is 9.29. The van der Waals surface area contributed by atoms with Gasteiger partial charge < -0.3 is 0 Å². The zero-order valence-corrected chi connectivity index (χ0v) is 6.75. The molecule has 0 atom stereocenters. The Hall–Kier alpha value is -0.710. The van der Waals surface area contributed by atoms with E-state index < -0.39 is 0 Å². The van der Waals surface area contributed by atoms with E-state index in [0.717, 1.165) is 0 Å². The highest BCUT2D eigenvalue weighted by Crippen LogP contribution is 1.87. The van der Waals surface area contributed by atoms with Crippen molar-refractivity contribution in [1.82, 2.24) is 10.9 Å². The van der Waals surface area contributed by atoms with Crippen LogP contribution < -0.4 is 10.9 Å². The van der Waals surface area contributed by atoms with E-state index in [1.54, 1.807) is 0 Å². The van der Waals surface area contributed by atoms with Crippen LogP contribution in [-0.2, 0) is 9.59 Å². The van der Waals surface area contributed by atoms with Crippen LogP contribution in [0.4, 0.5) is 0 Å². The van der Waals surface area contributed by atoms with E-state index in [1.165, 1.54) is 18.7 Å². The molecule has 0 aromatic rings. The number of amides is 2. The van der Waals surface area contributed by atoms with Crippen molar-refractivity contribution in [3.05, 3.63) is 0 Å². The van der Waals surface area contributed by atoms with Crippen molar-refractivity contribution < 1.29 is 9.59 Å². The Bertz CT molecular complexity index is 138. The van der Waals surface area contributed by atoms with Crippen LogP contribution in [0.1, 0.15) is 6.92 Å². The molecule has 4 nitrogen and oxygen atoms in total. The van der Waals surface area contributed by atoms with Crippen molar-refractivity contribution >= 4 is 23.6 Å². The van der Waals surface area contributed by atoms with Gasteiger partial charge in [-0.3, -0.25) is 20.4 Å². The molecule has 0 fully saturated rings. The standard InChI is InChI=1S/C5H10N2O2S/c1-4(8)6-7-5(9)3-10-2/h3H2,1-2H3,(H,6,8)(H,7,9). The van der Waals surface area contributed by atoms with Crippen LogP contribution in [0.25, 0.3) is 0 Å². The Morgan fingerprint density at radius 1 is 1.40 bits per heavy atom. The molecular formula is C5H10N2O2S. The number of nitrogens with one attached hydrogen (secondary N) is 2. The molecule has 5 heteroatoms. The maximum absolute atomic E-state index is 10.6. The van der Waals surface area contributed by atoms with Gasteiger partial charge in [-0.25, -0.2) is 0 Å². The molecule has 2 N–H and O–H groups in total. The van der Waals surface area contributed by atoms with E-state index in [-0.39, 0.29) is 11.8 Å². The Kier molecular flexibility index (Phi) is 4.74. The van der Waals surface area contributed by atoms with Crippen LogP contribution in [0, 0.1) is 0 Å². The summed E-state index contributed by atoms with van der Waals surface area (Å²) < 4.78 is 0. The van der Waals surface area contributed by atoms with Gasteiger partial charge in [-0.05, 0) is 6.26 Å². The third-order valence-electron chi connectivity index (χ3n) is 0.653. The monoisotopic (exact) mass is 162 g/mol. The molecule has 0 bridgehead atoms. The van der Waals surface area contributed by atoms with Crippen molar-refractivity contribution in [2.45, 2.75) is 6.92 Å². The minimum atomic E-state index is -0.269. The molecule has 58 valence electrons. The summed E-state index contributed by atoms with van der Waals surface area (Å²) in [5, 5.41) is 0. The first-order chi connectivity index (χ1) is 4.66. The van der Waals surface area contributed by atoms with Crippen molar-refractivity contribution in [2.24, 2.45) is 0 Å². The summed E-state index contributed by atoms with van der Waals surface area (Å²) in [5.41, 5.74) is 4.40. The van der Waals surface area contributed by atoms with Gasteiger partial charge in [0.05, 0.1) is 5.75 Å². The molecule has 0 spiro atoms. The first-order valence-electron chi connectivity index (χ1n) is 2.71. The number of thioether (sulfide) groups is 1. The van der Waals surface area contributed by atoms with E-state index in [1.807, 2.05) is 6.26 Å². The molecule has 0 aromatic carbocycles. The van der Waals surface area contributed by atoms with E-state index in [0.29, 0.717) is 5.75 Å². The normalized spacial score (nSPS) is 8.60. The van der Waals surface area contributed by atoms with Crippen molar-refractivity contribution in [3.8, 4) is 0 Å². The lowest BCUT2D eigenvalue weighted by atomic mass is 10.7. The molecule has 0 heterocycles. The fourth-order valence-corrected chi connectivity index (χ4v) is 0.659. The minimum absolute atomic E-state index is 0.192.